The molecule has 0 aromatic heterocycles. The van der Waals surface area contributed by atoms with E-state index in [0.29, 0.717) is 5.69 Å². The third-order valence-electron chi connectivity index (χ3n) is 4.19. The van der Waals surface area contributed by atoms with Crippen LogP contribution in [0.15, 0.2) is 42.5 Å². The normalized spacial score (nSPS) is 14.0. The van der Waals surface area contributed by atoms with Crippen LogP contribution in [0.1, 0.15) is 35.7 Å². The summed E-state index contributed by atoms with van der Waals surface area (Å²) in [7, 11) is 0. The second kappa shape index (κ2) is 7.02. The lowest BCUT2D eigenvalue weighted by molar-refractivity contribution is -0.137. The van der Waals surface area contributed by atoms with Crippen LogP contribution in [0.2, 0.25) is 0 Å². The average molecular weight is 380 g/mol. The molecule has 3 rings (SSSR count). The fourth-order valence-electron chi connectivity index (χ4n) is 2.78. The number of amides is 2. The molecular formula is C19H16F4N2O2. The number of anilines is 2. The summed E-state index contributed by atoms with van der Waals surface area (Å²) in [6, 6.07) is 7.34. The molecule has 1 aliphatic carbocycles. The molecule has 2 aromatic rings. The first-order valence-corrected chi connectivity index (χ1v) is 8.25. The molecular weight excluding hydrogens is 364 g/mol. The maximum atomic E-state index is 13.7. The van der Waals surface area contributed by atoms with Crippen molar-refractivity contribution in [1.29, 1.82) is 0 Å². The molecule has 0 heterocycles. The first-order valence-electron chi connectivity index (χ1n) is 8.25. The van der Waals surface area contributed by atoms with Crippen LogP contribution in [0.5, 0.6) is 0 Å². The van der Waals surface area contributed by atoms with Gasteiger partial charge in [-0.05, 0) is 55.3 Å². The van der Waals surface area contributed by atoms with Crippen molar-refractivity contribution in [3.05, 3.63) is 59.4 Å². The number of nitrogens with zero attached hydrogens (tertiary/aromatic N) is 1. The summed E-state index contributed by atoms with van der Waals surface area (Å²) in [5.41, 5.74) is -0.449. The predicted molar refractivity (Wildman–Crippen MR) is 92.0 cm³/mol. The van der Waals surface area contributed by atoms with Gasteiger partial charge in [0.05, 0.1) is 16.9 Å². The van der Waals surface area contributed by atoms with Crippen LogP contribution in [0.25, 0.3) is 0 Å². The number of carbonyl (C=O) groups excluding carboxylic acids is 2. The van der Waals surface area contributed by atoms with Crippen LogP contribution < -0.4 is 10.2 Å². The van der Waals surface area contributed by atoms with Gasteiger partial charge in [-0.1, -0.05) is 0 Å². The summed E-state index contributed by atoms with van der Waals surface area (Å²) in [5, 5.41) is 2.49. The van der Waals surface area contributed by atoms with Crippen LogP contribution in [0.3, 0.4) is 0 Å². The van der Waals surface area contributed by atoms with Crippen molar-refractivity contribution in [2.45, 2.75) is 32.0 Å². The Morgan fingerprint density at radius 2 is 1.70 bits per heavy atom. The van der Waals surface area contributed by atoms with Crippen molar-refractivity contribution in [3.63, 3.8) is 0 Å². The average Bonchev–Trinajstić information content (AvgIpc) is 3.41. The maximum Gasteiger partial charge on any atom is 0.416 e. The second-order valence-corrected chi connectivity index (χ2v) is 6.31. The summed E-state index contributed by atoms with van der Waals surface area (Å²) < 4.78 is 51.6. The Labute approximate surface area is 152 Å². The smallest absolute Gasteiger partial charge is 0.320 e. The summed E-state index contributed by atoms with van der Waals surface area (Å²) in [4.78, 5) is 25.8. The van der Waals surface area contributed by atoms with Crippen molar-refractivity contribution in [1.82, 2.24) is 0 Å². The third kappa shape index (κ3) is 4.27. The van der Waals surface area contributed by atoms with Gasteiger partial charge in [0, 0.05) is 18.5 Å². The van der Waals surface area contributed by atoms with Gasteiger partial charge in [0.15, 0.2) is 0 Å². The number of benzene rings is 2. The van der Waals surface area contributed by atoms with Crippen LogP contribution in [0.4, 0.5) is 28.9 Å². The summed E-state index contributed by atoms with van der Waals surface area (Å²) in [5.74, 6) is -1.55. The summed E-state index contributed by atoms with van der Waals surface area (Å²) in [6.07, 6.45) is -2.89. The lowest BCUT2D eigenvalue weighted by Gasteiger charge is -2.24. The van der Waals surface area contributed by atoms with E-state index in [1.165, 1.54) is 24.0 Å². The van der Waals surface area contributed by atoms with Crippen LogP contribution in [-0.2, 0) is 11.0 Å². The zero-order valence-corrected chi connectivity index (χ0v) is 14.3. The Kier molecular flexibility index (Phi) is 4.91. The number of hydrogen-bond acceptors (Lipinski definition) is 2. The predicted octanol–water partition coefficient (Wildman–Crippen LogP) is 4.61. The SMILES string of the molecule is CC(=O)N(c1ccc(F)cc1NC(=O)c1ccc(C(F)(F)F)cc1)C1CC1. The van der Waals surface area contributed by atoms with Gasteiger partial charge in [0.2, 0.25) is 5.91 Å². The maximum absolute atomic E-state index is 13.7. The van der Waals surface area contributed by atoms with Gasteiger partial charge in [0.25, 0.3) is 5.91 Å². The Hall–Kier alpha value is -2.90. The highest BCUT2D eigenvalue weighted by Gasteiger charge is 2.34. The molecule has 1 fully saturated rings. The topological polar surface area (TPSA) is 49.4 Å². The Bertz CT molecular complexity index is 874. The molecule has 2 aromatic carbocycles. The number of carbonyl (C=O) groups is 2. The van der Waals surface area contributed by atoms with Crippen molar-refractivity contribution in [2.75, 3.05) is 10.2 Å². The highest BCUT2D eigenvalue weighted by molar-refractivity contribution is 6.07. The lowest BCUT2D eigenvalue weighted by atomic mass is 10.1. The molecule has 1 N–H and O–H groups in total. The molecule has 8 heteroatoms. The minimum absolute atomic E-state index is 0.00492. The van der Waals surface area contributed by atoms with E-state index in [2.05, 4.69) is 5.32 Å². The minimum atomic E-state index is -4.50. The zero-order chi connectivity index (χ0) is 19.8. The number of hydrogen-bond donors (Lipinski definition) is 1. The van der Waals surface area contributed by atoms with Crippen molar-refractivity contribution < 1.29 is 27.2 Å². The molecule has 0 atom stereocenters. The van der Waals surface area contributed by atoms with Gasteiger partial charge in [-0.3, -0.25) is 9.59 Å². The van der Waals surface area contributed by atoms with E-state index >= 15 is 0 Å². The highest BCUT2D eigenvalue weighted by Crippen LogP contribution is 2.36. The number of nitrogens with one attached hydrogen (secondary N) is 1. The number of rotatable bonds is 4. The van der Waals surface area contributed by atoms with Crippen LogP contribution >= 0.6 is 0 Å². The lowest BCUT2D eigenvalue weighted by Crippen LogP contribution is -2.31. The molecule has 0 bridgehead atoms. The standard InChI is InChI=1S/C19H16F4N2O2/c1-11(26)25(15-7-8-15)17-9-6-14(20)10-16(17)24-18(27)12-2-4-13(5-3-12)19(21,22)23/h2-6,9-10,15H,7-8H2,1H3,(H,24,27). The first-order chi connectivity index (χ1) is 12.7. The minimum Gasteiger partial charge on any atom is -0.320 e. The van der Waals surface area contributed by atoms with Gasteiger partial charge in [-0.25, -0.2) is 4.39 Å². The Balaban J connectivity index is 1.87. The fraction of sp³-hybridized carbons (Fsp3) is 0.263. The first kappa shape index (κ1) is 18.9. The number of alkyl halides is 3. The van der Waals surface area contributed by atoms with Crippen molar-refractivity contribution >= 4 is 23.2 Å². The molecule has 0 saturated heterocycles. The van der Waals surface area contributed by atoms with E-state index in [0.717, 1.165) is 43.2 Å². The third-order valence-corrected chi connectivity index (χ3v) is 4.19. The van der Waals surface area contributed by atoms with Crippen LogP contribution in [-0.4, -0.2) is 17.9 Å². The molecule has 1 aliphatic rings. The molecule has 142 valence electrons. The van der Waals surface area contributed by atoms with Crippen molar-refractivity contribution in [3.8, 4) is 0 Å². The monoisotopic (exact) mass is 380 g/mol. The molecule has 4 nitrogen and oxygen atoms in total. The molecule has 0 aliphatic heterocycles. The van der Waals surface area contributed by atoms with E-state index in [-0.39, 0.29) is 23.2 Å². The molecule has 2 amide bonds. The number of halogens is 4. The van der Waals surface area contributed by atoms with Gasteiger partial charge in [0.1, 0.15) is 5.82 Å². The molecule has 1 saturated carbocycles. The van der Waals surface area contributed by atoms with E-state index in [4.69, 9.17) is 0 Å². The largest absolute Gasteiger partial charge is 0.416 e. The van der Waals surface area contributed by atoms with Crippen molar-refractivity contribution in [2.24, 2.45) is 0 Å². The Morgan fingerprint density at radius 3 is 2.22 bits per heavy atom. The van der Waals surface area contributed by atoms with E-state index < -0.39 is 23.5 Å². The van der Waals surface area contributed by atoms with E-state index in [1.807, 2.05) is 0 Å². The summed E-state index contributed by atoms with van der Waals surface area (Å²) >= 11 is 0. The van der Waals surface area contributed by atoms with Gasteiger partial charge in [-0.15, -0.1) is 0 Å². The fourth-order valence-corrected chi connectivity index (χ4v) is 2.78. The molecule has 27 heavy (non-hydrogen) atoms. The van der Waals surface area contributed by atoms with Gasteiger partial charge < -0.3 is 10.2 Å². The zero-order valence-electron chi connectivity index (χ0n) is 14.3. The molecule has 0 radical (unpaired) electrons. The Morgan fingerprint density at radius 1 is 1.07 bits per heavy atom. The van der Waals surface area contributed by atoms with E-state index in [9.17, 15) is 27.2 Å². The quantitative estimate of drug-likeness (QED) is 0.788. The molecule has 0 spiro atoms. The molecule has 0 unspecified atom stereocenters. The second-order valence-electron chi connectivity index (χ2n) is 6.31. The highest BCUT2D eigenvalue weighted by atomic mass is 19.4. The van der Waals surface area contributed by atoms with Gasteiger partial charge >= 0.3 is 6.18 Å². The van der Waals surface area contributed by atoms with Crippen LogP contribution in [0, 0.1) is 5.82 Å². The van der Waals surface area contributed by atoms with Gasteiger partial charge in [-0.2, -0.15) is 13.2 Å². The van der Waals surface area contributed by atoms with E-state index in [1.54, 1.807) is 0 Å². The summed E-state index contributed by atoms with van der Waals surface area (Å²) in [6.45, 7) is 1.38.